The quantitative estimate of drug-likeness (QED) is 0.815. The Balaban J connectivity index is 1.28. The molecule has 3 heterocycles. The Morgan fingerprint density at radius 3 is 2.08 bits per heavy atom. The van der Waals surface area contributed by atoms with E-state index < -0.39 is 18.2 Å². The fourth-order valence-corrected chi connectivity index (χ4v) is 4.96. The van der Waals surface area contributed by atoms with Gasteiger partial charge in [0.15, 0.2) is 6.10 Å². The molecule has 26 heavy (non-hydrogen) atoms. The van der Waals surface area contributed by atoms with Crippen LogP contribution in [0.25, 0.3) is 0 Å². The number of carbonyl (C=O) groups excluding carboxylic acids is 2. The molecular formula is C19H28N2O5. The van der Waals surface area contributed by atoms with Gasteiger partial charge in [0.05, 0.1) is 0 Å². The predicted octanol–water partition coefficient (Wildman–Crippen LogP) is 1.26. The molecule has 0 radical (unpaired) electrons. The lowest BCUT2D eigenvalue weighted by molar-refractivity contribution is -0.155. The molecule has 0 aromatic rings. The maximum absolute atomic E-state index is 12.7. The minimum Gasteiger partial charge on any atom is -0.479 e. The highest BCUT2D eigenvalue weighted by Crippen LogP contribution is 2.60. The van der Waals surface area contributed by atoms with E-state index in [1.807, 2.05) is 4.90 Å². The highest BCUT2D eigenvalue weighted by molar-refractivity contribution is 5.84. The molecule has 0 aromatic heterocycles. The number of aliphatic carboxylic acids is 1. The largest absolute Gasteiger partial charge is 0.479 e. The first-order chi connectivity index (χ1) is 12.5. The fourth-order valence-electron chi connectivity index (χ4n) is 4.96. The molecule has 3 atom stereocenters. The molecule has 4 aliphatic rings. The van der Waals surface area contributed by atoms with E-state index in [1.54, 1.807) is 4.90 Å². The van der Waals surface area contributed by atoms with Crippen LogP contribution in [0.1, 0.15) is 51.4 Å². The molecule has 144 valence electrons. The molecule has 3 saturated heterocycles. The van der Waals surface area contributed by atoms with E-state index in [0.29, 0.717) is 31.8 Å². The summed E-state index contributed by atoms with van der Waals surface area (Å²) in [4.78, 5) is 40.2. The molecule has 1 unspecified atom stereocenters. The number of amides is 2. The lowest BCUT2D eigenvalue weighted by Crippen LogP contribution is -2.45. The van der Waals surface area contributed by atoms with Crippen molar-refractivity contribution in [2.45, 2.75) is 63.6 Å². The first-order valence-corrected chi connectivity index (χ1v) is 9.96. The molecule has 1 saturated carbocycles. The zero-order chi connectivity index (χ0) is 18.3. The molecule has 7 heteroatoms. The summed E-state index contributed by atoms with van der Waals surface area (Å²) in [5.41, 5.74) is 0.103. The number of carboxylic acid groups (broad SMARTS) is 1. The number of hydrogen-bond acceptors (Lipinski definition) is 4. The third-order valence-corrected chi connectivity index (χ3v) is 6.80. The second kappa shape index (κ2) is 6.83. The normalized spacial score (nSPS) is 33.3. The van der Waals surface area contributed by atoms with Crippen molar-refractivity contribution in [3.05, 3.63) is 0 Å². The zero-order valence-corrected chi connectivity index (χ0v) is 15.2. The fraction of sp³-hybridized carbons (Fsp3) is 0.842. The van der Waals surface area contributed by atoms with Crippen molar-refractivity contribution in [1.82, 2.24) is 9.80 Å². The van der Waals surface area contributed by atoms with E-state index in [-0.39, 0.29) is 17.2 Å². The molecule has 0 bridgehead atoms. The molecule has 1 aliphatic carbocycles. The highest BCUT2D eigenvalue weighted by atomic mass is 16.5. The van der Waals surface area contributed by atoms with Gasteiger partial charge < -0.3 is 19.6 Å². The van der Waals surface area contributed by atoms with E-state index in [1.165, 1.54) is 6.42 Å². The number of likely N-dealkylation sites (tertiary alicyclic amines) is 2. The second-order valence-electron chi connectivity index (χ2n) is 8.36. The Hall–Kier alpha value is -1.63. The molecule has 2 amide bonds. The molecular weight excluding hydrogens is 336 g/mol. The zero-order valence-electron chi connectivity index (χ0n) is 15.2. The van der Waals surface area contributed by atoms with Gasteiger partial charge in [0.1, 0.15) is 6.10 Å². The van der Waals surface area contributed by atoms with Crippen LogP contribution in [0.4, 0.5) is 0 Å². The lowest BCUT2D eigenvalue weighted by atomic mass is 9.90. The maximum atomic E-state index is 12.7. The Kier molecular flexibility index (Phi) is 4.67. The predicted molar refractivity (Wildman–Crippen MR) is 92.3 cm³/mol. The first-order valence-electron chi connectivity index (χ1n) is 9.96. The number of hydrogen-bond donors (Lipinski definition) is 1. The van der Waals surface area contributed by atoms with Gasteiger partial charge >= 0.3 is 5.97 Å². The summed E-state index contributed by atoms with van der Waals surface area (Å²) in [6.07, 6.45) is 5.58. The van der Waals surface area contributed by atoms with Gasteiger partial charge in [0.25, 0.3) is 5.91 Å². The van der Waals surface area contributed by atoms with Gasteiger partial charge in [-0.2, -0.15) is 0 Å². The van der Waals surface area contributed by atoms with Crippen molar-refractivity contribution in [3.8, 4) is 0 Å². The average molecular weight is 364 g/mol. The molecule has 4 fully saturated rings. The molecule has 3 aliphatic heterocycles. The summed E-state index contributed by atoms with van der Waals surface area (Å²) < 4.78 is 5.39. The van der Waals surface area contributed by atoms with E-state index in [9.17, 15) is 14.4 Å². The van der Waals surface area contributed by atoms with Crippen LogP contribution in [0.3, 0.4) is 0 Å². The Morgan fingerprint density at radius 1 is 0.846 bits per heavy atom. The lowest BCUT2D eigenvalue weighted by Gasteiger charge is -2.35. The Morgan fingerprint density at radius 2 is 1.46 bits per heavy atom. The number of rotatable bonds is 3. The number of nitrogens with zero attached hydrogens (tertiary/aromatic N) is 2. The molecule has 1 spiro atoms. The second-order valence-corrected chi connectivity index (χ2v) is 8.36. The third kappa shape index (κ3) is 3.21. The van der Waals surface area contributed by atoms with Crippen LogP contribution in [0, 0.1) is 11.3 Å². The van der Waals surface area contributed by atoms with Crippen LogP contribution >= 0.6 is 0 Å². The van der Waals surface area contributed by atoms with Gasteiger partial charge in [-0.25, -0.2) is 4.79 Å². The number of ether oxygens (including phenoxy) is 1. The van der Waals surface area contributed by atoms with E-state index >= 15 is 0 Å². The van der Waals surface area contributed by atoms with Crippen molar-refractivity contribution in [1.29, 1.82) is 0 Å². The van der Waals surface area contributed by atoms with Crippen LogP contribution in [0.5, 0.6) is 0 Å². The summed E-state index contributed by atoms with van der Waals surface area (Å²) in [5.74, 6) is -0.594. The monoisotopic (exact) mass is 364 g/mol. The number of carbonyl (C=O) groups is 3. The minimum absolute atomic E-state index is 0.0804. The molecule has 0 aromatic carbocycles. The van der Waals surface area contributed by atoms with Crippen LogP contribution in [0.2, 0.25) is 0 Å². The Labute approximate surface area is 153 Å². The smallest absolute Gasteiger partial charge is 0.332 e. The summed E-state index contributed by atoms with van der Waals surface area (Å²) >= 11 is 0. The SMILES string of the molecule is O=C(O)[C@H]1CC[C@@H](C(=O)N2CCC3(CC2)CC3C(=O)N2CCCCC2)O1. The summed E-state index contributed by atoms with van der Waals surface area (Å²) in [7, 11) is 0. The van der Waals surface area contributed by atoms with Gasteiger partial charge in [0.2, 0.25) is 5.91 Å². The van der Waals surface area contributed by atoms with Crippen LogP contribution < -0.4 is 0 Å². The third-order valence-electron chi connectivity index (χ3n) is 6.80. The highest BCUT2D eigenvalue weighted by Gasteiger charge is 2.59. The summed E-state index contributed by atoms with van der Waals surface area (Å²) in [5, 5.41) is 9.00. The van der Waals surface area contributed by atoms with Crippen molar-refractivity contribution >= 4 is 17.8 Å². The van der Waals surface area contributed by atoms with E-state index in [0.717, 1.165) is 45.2 Å². The van der Waals surface area contributed by atoms with Crippen molar-refractivity contribution in [2.75, 3.05) is 26.2 Å². The maximum Gasteiger partial charge on any atom is 0.332 e. The van der Waals surface area contributed by atoms with Crippen molar-refractivity contribution in [2.24, 2.45) is 11.3 Å². The minimum atomic E-state index is -0.991. The topological polar surface area (TPSA) is 87.2 Å². The van der Waals surface area contributed by atoms with Gasteiger partial charge in [-0.05, 0) is 56.8 Å². The molecule has 7 nitrogen and oxygen atoms in total. The van der Waals surface area contributed by atoms with Gasteiger partial charge in [-0.15, -0.1) is 0 Å². The number of carboxylic acids is 1. The van der Waals surface area contributed by atoms with Crippen LogP contribution in [-0.2, 0) is 19.1 Å². The average Bonchev–Trinajstić information content (AvgIpc) is 3.13. The van der Waals surface area contributed by atoms with Gasteiger partial charge in [0, 0.05) is 32.1 Å². The Bertz CT molecular complexity index is 593. The first kappa shape index (κ1) is 17.8. The van der Waals surface area contributed by atoms with Crippen LogP contribution in [-0.4, -0.2) is 71.1 Å². The molecule has 4 rings (SSSR count). The van der Waals surface area contributed by atoms with Gasteiger partial charge in [-0.3, -0.25) is 9.59 Å². The number of piperidine rings is 2. The summed E-state index contributed by atoms with van der Waals surface area (Å²) in [6, 6.07) is 0. The van der Waals surface area contributed by atoms with Crippen LogP contribution in [0.15, 0.2) is 0 Å². The molecule has 1 N–H and O–H groups in total. The summed E-state index contributed by atoms with van der Waals surface area (Å²) in [6.45, 7) is 3.11. The van der Waals surface area contributed by atoms with Crippen molar-refractivity contribution in [3.63, 3.8) is 0 Å². The van der Waals surface area contributed by atoms with E-state index in [2.05, 4.69) is 0 Å². The van der Waals surface area contributed by atoms with Gasteiger partial charge in [-0.1, -0.05) is 0 Å². The van der Waals surface area contributed by atoms with E-state index in [4.69, 9.17) is 9.84 Å². The van der Waals surface area contributed by atoms with Crippen molar-refractivity contribution < 1.29 is 24.2 Å². The standard InChI is InChI=1S/C19H28N2O5/c22-16(20-8-2-1-3-9-20)13-12-19(13)6-10-21(11-7-19)17(23)14-4-5-15(26-14)18(24)25/h13-15H,1-12H2,(H,24,25)/t13?,14-,15+/m0/s1.